The standard InChI is InChI=1S/C11H19BO3/c1-5-11(4)10(2,3)14-12(15-11)9-6-7-13-8-9/h6H,5,7-8H2,1-4H3. The summed E-state index contributed by atoms with van der Waals surface area (Å²) in [5.41, 5.74) is 0.678. The van der Waals surface area contributed by atoms with E-state index in [1.165, 1.54) is 0 Å². The summed E-state index contributed by atoms with van der Waals surface area (Å²) in [5.74, 6) is 0. The fourth-order valence-corrected chi connectivity index (χ4v) is 2.02. The van der Waals surface area contributed by atoms with Crippen molar-refractivity contribution < 1.29 is 14.0 Å². The lowest BCUT2D eigenvalue weighted by Gasteiger charge is -2.35. The van der Waals surface area contributed by atoms with E-state index in [-0.39, 0.29) is 18.3 Å². The van der Waals surface area contributed by atoms with Gasteiger partial charge in [-0.25, -0.2) is 0 Å². The molecule has 1 fully saturated rings. The van der Waals surface area contributed by atoms with E-state index in [0.29, 0.717) is 13.2 Å². The zero-order chi connectivity index (χ0) is 11.1. The highest BCUT2D eigenvalue weighted by molar-refractivity contribution is 6.54. The van der Waals surface area contributed by atoms with Crippen LogP contribution in [-0.4, -0.2) is 31.5 Å². The van der Waals surface area contributed by atoms with Gasteiger partial charge in [0.15, 0.2) is 0 Å². The maximum Gasteiger partial charge on any atom is 0.492 e. The van der Waals surface area contributed by atoms with Crippen LogP contribution in [0.25, 0.3) is 0 Å². The van der Waals surface area contributed by atoms with Gasteiger partial charge < -0.3 is 14.0 Å². The molecule has 2 aliphatic heterocycles. The van der Waals surface area contributed by atoms with Crippen LogP contribution in [0.1, 0.15) is 34.1 Å². The van der Waals surface area contributed by atoms with Crippen molar-refractivity contribution in [2.45, 2.75) is 45.3 Å². The Bertz CT molecular complexity index is 288. The van der Waals surface area contributed by atoms with E-state index >= 15 is 0 Å². The smallest absolute Gasteiger partial charge is 0.399 e. The third-order valence-corrected chi connectivity index (χ3v) is 3.75. The third kappa shape index (κ3) is 1.75. The van der Waals surface area contributed by atoms with Gasteiger partial charge >= 0.3 is 7.12 Å². The van der Waals surface area contributed by atoms with E-state index in [1.54, 1.807) is 0 Å². The summed E-state index contributed by atoms with van der Waals surface area (Å²) in [4.78, 5) is 0. The van der Waals surface area contributed by atoms with Crippen LogP contribution >= 0.6 is 0 Å². The summed E-state index contributed by atoms with van der Waals surface area (Å²) in [7, 11) is -0.215. The molecular formula is C11H19BO3. The summed E-state index contributed by atoms with van der Waals surface area (Å²) < 4.78 is 17.3. The molecule has 15 heavy (non-hydrogen) atoms. The quantitative estimate of drug-likeness (QED) is 0.652. The highest BCUT2D eigenvalue weighted by Gasteiger charge is 2.54. The first-order valence-electron chi connectivity index (χ1n) is 5.61. The third-order valence-electron chi connectivity index (χ3n) is 3.75. The topological polar surface area (TPSA) is 27.7 Å². The molecule has 0 aromatic carbocycles. The highest BCUT2D eigenvalue weighted by atomic mass is 16.7. The highest BCUT2D eigenvalue weighted by Crippen LogP contribution is 2.41. The molecule has 0 amide bonds. The minimum atomic E-state index is -0.240. The largest absolute Gasteiger partial charge is 0.492 e. The molecule has 0 N–H and O–H groups in total. The number of hydrogen-bond acceptors (Lipinski definition) is 3. The van der Waals surface area contributed by atoms with Crippen LogP contribution in [0.5, 0.6) is 0 Å². The van der Waals surface area contributed by atoms with Gasteiger partial charge in [0, 0.05) is 0 Å². The summed E-state index contributed by atoms with van der Waals surface area (Å²) in [6.07, 6.45) is 3.01. The number of ether oxygens (including phenoxy) is 1. The molecule has 2 rings (SSSR count). The Morgan fingerprint density at radius 3 is 2.53 bits per heavy atom. The number of hydrogen-bond donors (Lipinski definition) is 0. The predicted octanol–water partition coefficient (Wildman–Crippen LogP) is 1.96. The van der Waals surface area contributed by atoms with Gasteiger partial charge in [0.05, 0.1) is 24.4 Å². The molecule has 0 radical (unpaired) electrons. The predicted molar refractivity (Wildman–Crippen MR) is 59.6 cm³/mol. The van der Waals surface area contributed by atoms with Gasteiger partial charge in [-0.05, 0) is 32.7 Å². The van der Waals surface area contributed by atoms with Crippen molar-refractivity contribution in [3.63, 3.8) is 0 Å². The second-order valence-electron chi connectivity index (χ2n) is 4.96. The SMILES string of the molecule is CCC1(C)OB(C2=CCOC2)OC1(C)C. The Morgan fingerprint density at radius 2 is 2.07 bits per heavy atom. The van der Waals surface area contributed by atoms with E-state index in [1.807, 2.05) is 0 Å². The van der Waals surface area contributed by atoms with Gasteiger partial charge in [-0.15, -0.1) is 0 Å². The van der Waals surface area contributed by atoms with E-state index in [0.717, 1.165) is 11.9 Å². The Balaban J connectivity index is 2.15. The van der Waals surface area contributed by atoms with Crippen LogP contribution in [0.15, 0.2) is 11.5 Å². The van der Waals surface area contributed by atoms with Crippen molar-refractivity contribution in [1.82, 2.24) is 0 Å². The van der Waals surface area contributed by atoms with Crippen LogP contribution in [-0.2, 0) is 14.0 Å². The zero-order valence-electron chi connectivity index (χ0n) is 10.0. The van der Waals surface area contributed by atoms with Gasteiger partial charge in [-0.1, -0.05) is 13.0 Å². The lowest BCUT2D eigenvalue weighted by Crippen LogP contribution is -2.44. The number of rotatable bonds is 2. The molecule has 1 saturated heterocycles. The molecule has 0 aromatic rings. The Hall–Kier alpha value is -0.315. The van der Waals surface area contributed by atoms with Crippen LogP contribution < -0.4 is 0 Å². The average molecular weight is 210 g/mol. The second-order valence-corrected chi connectivity index (χ2v) is 4.96. The van der Waals surface area contributed by atoms with E-state index < -0.39 is 0 Å². The summed E-state index contributed by atoms with van der Waals surface area (Å²) in [6, 6.07) is 0. The van der Waals surface area contributed by atoms with E-state index in [9.17, 15) is 0 Å². The zero-order valence-corrected chi connectivity index (χ0v) is 10.0. The lowest BCUT2D eigenvalue weighted by molar-refractivity contribution is -0.0118. The molecule has 2 aliphatic rings. The molecule has 0 aliphatic carbocycles. The molecule has 3 nitrogen and oxygen atoms in total. The summed E-state index contributed by atoms with van der Waals surface area (Å²) in [6.45, 7) is 9.75. The van der Waals surface area contributed by atoms with Crippen molar-refractivity contribution >= 4 is 7.12 Å². The minimum absolute atomic E-state index is 0.207. The van der Waals surface area contributed by atoms with Gasteiger partial charge in [0.1, 0.15) is 0 Å². The van der Waals surface area contributed by atoms with Gasteiger partial charge in [-0.2, -0.15) is 0 Å². The average Bonchev–Trinajstić information content (AvgIpc) is 2.74. The van der Waals surface area contributed by atoms with Crippen molar-refractivity contribution in [3.8, 4) is 0 Å². The molecule has 0 bridgehead atoms. The fraction of sp³-hybridized carbons (Fsp3) is 0.818. The van der Waals surface area contributed by atoms with Gasteiger partial charge in [-0.3, -0.25) is 0 Å². The molecule has 0 aromatic heterocycles. The van der Waals surface area contributed by atoms with Gasteiger partial charge in [0.25, 0.3) is 0 Å². The second kappa shape index (κ2) is 3.61. The van der Waals surface area contributed by atoms with Crippen LogP contribution in [0.4, 0.5) is 0 Å². The van der Waals surface area contributed by atoms with Crippen LogP contribution in [0, 0.1) is 0 Å². The first kappa shape index (κ1) is 11.2. The van der Waals surface area contributed by atoms with Crippen molar-refractivity contribution in [2.75, 3.05) is 13.2 Å². The summed E-state index contributed by atoms with van der Waals surface area (Å²) in [5, 5.41) is 0. The van der Waals surface area contributed by atoms with Crippen molar-refractivity contribution in [2.24, 2.45) is 0 Å². The Kier molecular flexibility index (Phi) is 2.69. The normalized spacial score (nSPS) is 34.7. The van der Waals surface area contributed by atoms with Crippen LogP contribution in [0.2, 0.25) is 0 Å². The first-order chi connectivity index (χ1) is 6.98. The molecule has 2 heterocycles. The molecule has 84 valence electrons. The minimum Gasteiger partial charge on any atom is -0.399 e. The molecule has 4 heteroatoms. The molecule has 1 atom stereocenters. The Morgan fingerprint density at radius 1 is 1.33 bits per heavy atom. The maximum absolute atomic E-state index is 6.03. The van der Waals surface area contributed by atoms with E-state index in [4.69, 9.17) is 14.0 Å². The summed E-state index contributed by atoms with van der Waals surface area (Å²) >= 11 is 0. The molecule has 1 unspecified atom stereocenters. The fourth-order valence-electron chi connectivity index (χ4n) is 2.02. The van der Waals surface area contributed by atoms with Gasteiger partial charge in [0.2, 0.25) is 0 Å². The Labute approximate surface area is 91.9 Å². The van der Waals surface area contributed by atoms with Crippen LogP contribution in [0.3, 0.4) is 0 Å². The first-order valence-corrected chi connectivity index (χ1v) is 5.61. The molecular weight excluding hydrogens is 191 g/mol. The van der Waals surface area contributed by atoms with E-state index in [2.05, 4.69) is 33.8 Å². The maximum atomic E-state index is 6.03. The lowest BCUT2D eigenvalue weighted by atomic mass is 9.79. The molecule has 0 spiro atoms. The van der Waals surface area contributed by atoms with Crippen molar-refractivity contribution in [3.05, 3.63) is 11.5 Å². The molecule has 0 saturated carbocycles. The van der Waals surface area contributed by atoms with Crippen molar-refractivity contribution in [1.29, 1.82) is 0 Å². The monoisotopic (exact) mass is 210 g/mol.